The van der Waals surface area contributed by atoms with Gasteiger partial charge in [-0.1, -0.05) is 70.4 Å². The van der Waals surface area contributed by atoms with Gasteiger partial charge in [0.25, 0.3) is 0 Å². The number of hydrogen-bond donors (Lipinski definition) is 2. The molecule has 0 radical (unpaired) electrons. The minimum absolute atomic E-state index is 0.318. The van der Waals surface area contributed by atoms with Gasteiger partial charge in [-0.2, -0.15) is 0 Å². The zero-order valence-corrected chi connectivity index (χ0v) is 18.1. The Morgan fingerprint density at radius 2 is 1.31 bits per heavy atom. The monoisotopic (exact) mass is 368 g/mol. The number of aliphatic hydroxyl groups excluding tert-OH is 1. The molecule has 0 aliphatic heterocycles. The maximum Gasteiger partial charge on any atom is 0.104 e. The summed E-state index contributed by atoms with van der Waals surface area (Å²) >= 11 is 0. The maximum atomic E-state index is 9.88. The van der Waals surface area contributed by atoms with Crippen LogP contribution in [0.15, 0.2) is 12.2 Å². The van der Waals surface area contributed by atoms with Crippen LogP contribution in [0.5, 0.6) is 0 Å². The Bertz CT molecular complexity index is 292. The van der Waals surface area contributed by atoms with Gasteiger partial charge >= 0.3 is 0 Å². The van der Waals surface area contributed by atoms with Crippen LogP contribution in [0.4, 0.5) is 0 Å². The first-order chi connectivity index (χ1) is 12.7. The van der Waals surface area contributed by atoms with Crippen molar-refractivity contribution in [3.05, 3.63) is 12.2 Å². The quantitative estimate of drug-likeness (QED) is 0.160. The molecule has 0 aromatic heterocycles. The van der Waals surface area contributed by atoms with E-state index < -0.39 is 0 Å². The van der Waals surface area contributed by atoms with Crippen molar-refractivity contribution in [2.75, 3.05) is 27.2 Å². The molecule has 0 rings (SSSR count). The summed E-state index contributed by atoms with van der Waals surface area (Å²) in [7, 11) is 4.17. The normalized spacial score (nSPS) is 13.1. The average Bonchev–Trinajstić information content (AvgIpc) is 2.62. The lowest BCUT2D eigenvalue weighted by molar-refractivity contribution is 0.123. The molecular formula is C23H48N2O. The standard InChI is InChI=1S/C23H48N2O/c1-4-5-6-7-8-9-10-11-12-13-14-15-16-17-18-20-23(26)24-21-19-22-25(2)3/h11-12,23-24,26H,4-10,13-22H2,1-3H3/b12-11-. The second-order valence-corrected chi connectivity index (χ2v) is 8.00. The highest BCUT2D eigenvalue weighted by Crippen LogP contribution is 2.10. The van der Waals surface area contributed by atoms with Gasteiger partial charge in [0.1, 0.15) is 6.23 Å². The van der Waals surface area contributed by atoms with E-state index in [1.807, 2.05) is 0 Å². The zero-order valence-electron chi connectivity index (χ0n) is 18.1. The summed E-state index contributed by atoms with van der Waals surface area (Å²) in [6, 6.07) is 0. The van der Waals surface area contributed by atoms with E-state index in [0.717, 1.165) is 32.4 Å². The second-order valence-electron chi connectivity index (χ2n) is 8.00. The van der Waals surface area contributed by atoms with Crippen LogP contribution in [-0.2, 0) is 0 Å². The van der Waals surface area contributed by atoms with Crippen LogP contribution in [0.1, 0.15) is 103 Å². The van der Waals surface area contributed by atoms with Crippen molar-refractivity contribution in [2.24, 2.45) is 0 Å². The summed E-state index contributed by atoms with van der Waals surface area (Å²) in [5.41, 5.74) is 0. The van der Waals surface area contributed by atoms with Crippen LogP contribution < -0.4 is 5.32 Å². The Kier molecular flexibility index (Phi) is 20.6. The fourth-order valence-electron chi connectivity index (χ4n) is 3.17. The highest BCUT2D eigenvalue weighted by Gasteiger charge is 2.02. The minimum Gasteiger partial charge on any atom is -0.379 e. The van der Waals surface area contributed by atoms with E-state index in [0.29, 0.717) is 0 Å². The molecular weight excluding hydrogens is 320 g/mol. The van der Waals surface area contributed by atoms with E-state index in [2.05, 4.69) is 43.4 Å². The van der Waals surface area contributed by atoms with Crippen LogP contribution in [0, 0.1) is 0 Å². The topological polar surface area (TPSA) is 35.5 Å². The van der Waals surface area contributed by atoms with Crippen LogP contribution in [0.25, 0.3) is 0 Å². The molecule has 3 heteroatoms. The largest absolute Gasteiger partial charge is 0.379 e. The van der Waals surface area contributed by atoms with Crippen molar-refractivity contribution < 1.29 is 5.11 Å². The molecule has 0 bridgehead atoms. The van der Waals surface area contributed by atoms with Crippen molar-refractivity contribution in [3.63, 3.8) is 0 Å². The van der Waals surface area contributed by atoms with Gasteiger partial charge in [-0.3, -0.25) is 5.32 Å². The first-order valence-corrected chi connectivity index (χ1v) is 11.4. The lowest BCUT2D eigenvalue weighted by Gasteiger charge is -2.14. The molecule has 0 saturated carbocycles. The summed E-state index contributed by atoms with van der Waals surface area (Å²) in [6.07, 6.45) is 23.6. The third-order valence-corrected chi connectivity index (χ3v) is 4.90. The molecule has 1 unspecified atom stereocenters. The van der Waals surface area contributed by atoms with Crippen LogP contribution in [-0.4, -0.2) is 43.4 Å². The lowest BCUT2D eigenvalue weighted by Crippen LogP contribution is -2.31. The molecule has 0 fully saturated rings. The number of hydrogen-bond acceptors (Lipinski definition) is 3. The predicted octanol–water partition coefficient (Wildman–Crippen LogP) is 5.88. The molecule has 156 valence electrons. The molecule has 0 heterocycles. The highest BCUT2D eigenvalue weighted by atomic mass is 16.3. The second kappa shape index (κ2) is 20.9. The molecule has 0 spiro atoms. The minimum atomic E-state index is -0.318. The Balaban J connectivity index is 3.19. The first-order valence-electron chi connectivity index (χ1n) is 11.4. The van der Waals surface area contributed by atoms with Crippen LogP contribution in [0.3, 0.4) is 0 Å². The molecule has 0 saturated heterocycles. The van der Waals surface area contributed by atoms with Gasteiger partial charge in [0.15, 0.2) is 0 Å². The third-order valence-electron chi connectivity index (χ3n) is 4.90. The summed E-state index contributed by atoms with van der Waals surface area (Å²) in [5, 5.41) is 13.1. The SMILES string of the molecule is CCCCCCCC/C=C\CCCCCCCC(O)NCCCN(C)C. The van der Waals surface area contributed by atoms with E-state index in [1.54, 1.807) is 0 Å². The Labute approximate surface area is 164 Å². The smallest absolute Gasteiger partial charge is 0.104 e. The molecule has 0 amide bonds. The molecule has 0 aromatic carbocycles. The van der Waals surface area contributed by atoms with Crippen molar-refractivity contribution >= 4 is 0 Å². The van der Waals surface area contributed by atoms with Gasteiger partial charge < -0.3 is 10.0 Å². The Morgan fingerprint density at radius 1 is 0.769 bits per heavy atom. The Hall–Kier alpha value is -0.380. The van der Waals surface area contributed by atoms with E-state index in [1.165, 1.54) is 77.0 Å². The molecule has 0 aliphatic rings. The molecule has 3 nitrogen and oxygen atoms in total. The fraction of sp³-hybridized carbons (Fsp3) is 0.913. The van der Waals surface area contributed by atoms with Gasteiger partial charge in [0, 0.05) is 0 Å². The Morgan fingerprint density at radius 3 is 1.88 bits per heavy atom. The van der Waals surface area contributed by atoms with Crippen molar-refractivity contribution in [1.82, 2.24) is 10.2 Å². The molecule has 2 N–H and O–H groups in total. The van der Waals surface area contributed by atoms with Gasteiger partial charge in [0.05, 0.1) is 0 Å². The van der Waals surface area contributed by atoms with E-state index in [4.69, 9.17) is 0 Å². The van der Waals surface area contributed by atoms with Gasteiger partial charge in [-0.05, 0) is 72.1 Å². The van der Waals surface area contributed by atoms with Crippen molar-refractivity contribution in [1.29, 1.82) is 0 Å². The average molecular weight is 369 g/mol. The van der Waals surface area contributed by atoms with E-state index >= 15 is 0 Å². The summed E-state index contributed by atoms with van der Waals surface area (Å²) in [6.45, 7) is 4.26. The summed E-state index contributed by atoms with van der Waals surface area (Å²) in [5.74, 6) is 0. The molecule has 26 heavy (non-hydrogen) atoms. The van der Waals surface area contributed by atoms with Crippen molar-refractivity contribution in [2.45, 2.75) is 109 Å². The number of allylic oxidation sites excluding steroid dienone is 2. The lowest BCUT2D eigenvalue weighted by atomic mass is 10.1. The number of unbranched alkanes of at least 4 members (excludes halogenated alkanes) is 11. The number of rotatable bonds is 20. The van der Waals surface area contributed by atoms with Crippen LogP contribution in [0.2, 0.25) is 0 Å². The first kappa shape index (κ1) is 25.6. The van der Waals surface area contributed by atoms with Gasteiger partial charge in [-0.15, -0.1) is 0 Å². The molecule has 0 aliphatic carbocycles. The van der Waals surface area contributed by atoms with Gasteiger partial charge in [0.2, 0.25) is 0 Å². The van der Waals surface area contributed by atoms with Crippen LogP contribution >= 0.6 is 0 Å². The van der Waals surface area contributed by atoms with E-state index in [-0.39, 0.29) is 6.23 Å². The summed E-state index contributed by atoms with van der Waals surface area (Å²) < 4.78 is 0. The molecule has 1 atom stereocenters. The highest BCUT2D eigenvalue weighted by molar-refractivity contribution is 4.81. The van der Waals surface area contributed by atoms with E-state index in [9.17, 15) is 5.11 Å². The van der Waals surface area contributed by atoms with Gasteiger partial charge in [-0.25, -0.2) is 0 Å². The summed E-state index contributed by atoms with van der Waals surface area (Å²) in [4.78, 5) is 2.18. The zero-order chi connectivity index (χ0) is 19.3. The van der Waals surface area contributed by atoms with Crippen molar-refractivity contribution in [3.8, 4) is 0 Å². The number of nitrogens with one attached hydrogen (secondary N) is 1. The number of nitrogens with zero attached hydrogens (tertiary/aromatic N) is 1. The number of aliphatic hydroxyl groups is 1. The third kappa shape index (κ3) is 21.7. The predicted molar refractivity (Wildman–Crippen MR) is 117 cm³/mol. The molecule has 0 aromatic rings. The maximum absolute atomic E-state index is 9.88. The fourth-order valence-corrected chi connectivity index (χ4v) is 3.17.